The second kappa shape index (κ2) is 6.46. The number of hydrogen-bond acceptors (Lipinski definition) is 2. The first-order valence-corrected chi connectivity index (χ1v) is 7.62. The molecule has 0 spiro atoms. The number of rotatable bonds is 5. The van der Waals surface area contributed by atoms with Gasteiger partial charge in [-0.05, 0) is 24.8 Å². The molecule has 1 heterocycles. The Labute approximate surface area is 129 Å². The molecule has 0 saturated carbocycles. The van der Waals surface area contributed by atoms with Crippen LogP contribution in [0.1, 0.15) is 43.2 Å². The van der Waals surface area contributed by atoms with E-state index in [4.69, 9.17) is 5.11 Å². The maximum atomic E-state index is 14.0. The summed E-state index contributed by atoms with van der Waals surface area (Å²) in [4.78, 5) is 24.6. The van der Waals surface area contributed by atoms with Gasteiger partial charge in [0.15, 0.2) is 0 Å². The van der Waals surface area contributed by atoms with Gasteiger partial charge in [0.2, 0.25) is 11.6 Å². The van der Waals surface area contributed by atoms with E-state index in [1.165, 1.54) is 4.90 Å². The Kier molecular flexibility index (Phi) is 4.84. The average Bonchev–Trinajstić information content (AvgIpc) is 2.90. The summed E-state index contributed by atoms with van der Waals surface area (Å²) in [7, 11) is 0. The van der Waals surface area contributed by atoms with Crippen LogP contribution >= 0.6 is 0 Å². The zero-order valence-corrected chi connectivity index (χ0v) is 13.0. The van der Waals surface area contributed by atoms with Crippen molar-refractivity contribution in [1.82, 2.24) is 4.90 Å². The summed E-state index contributed by atoms with van der Waals surface area (Å²) in [5.74, 6) is -1.57. The minimum atomic E-state index is -2.29. The molecule has 1 fully saturated rings. The number of nitrogens with zero attached hydrogens (tertiary/aromatic N) is 1. The van der Waals surface area contributed by atoms with Crippen molar-refractivity contribution in [2.24, 2.45) is 0 Å². The number of amides is 1. The lowest BCUT2D eigenvalue weighted by Gasteiger charge is -2.21. The number of benzene rings is 1. The van der Waals surface area contributed by atoms with E-state index in [1.54, 1.807) is 0 Å². The summed E-state index contributed by atoms with van der Waals surface area (Å²) in [6, 6.07) is 8.04. The van der Waals surface area contributed by atoms with Gasteiger partial charge in [0.1, 0.15) is 0 Å². The third-order valence-electron chi connectivity index (χ3n) is 4.42. The van der Waals surface area contributed by atoms with Crippen molar-refractivity contribution in [1.29, 1.82) is 0 Å². The van der Waals surface area contributed by atoms with Crippen LogP contribution < -0.4 is 0 Å². The van der Waals surface area contributed by atoms with Gasteiger partial charge in [-0.25, -0.2) is 9.18 Å². The molecule has 0 aliphatic carbocycles. The maximum absolute atomic E-state index is 14.0. The second-order valence-electron chi connectivity index (χ2n) is 6.06. The predicted octanol–water partition coefficient (Wildman–Crippen LogP) is 2.90. The lowest BCUT2D eigenvalue weighted by molar-refractivity contribution is -0.150. The van der Waals surface area contributed by atoms with Crippen LogP contribution in [0, 0.1) is 6.92 Å². The van der Waals surface area contributed by atoms with Crippen LogP contribution in [0.5, 0.6) is 0 Å². The van der Waals surface area contributed by atoms with Crippen LogP contribution in [-0.4, -0.2) is 40.6 Å². The number of carbonyl (C=O) groups is 2. The van der Waals surface area contributed by atoms with Gasteiger partial charge in [0.05, 0.1) is 6.54 Å². The predicted molar refractivity (Wildman–Crippen MR) is 81.5 cm³/mol. The maximum Gasteiger partial charge on any atom is 0.343 e. The van der Waals surface area contributed by atoms with Crippen LogP contribution in [-0.2, 0) is 9.59 Å². The summed E-state index contributed by atoms with van der Waals surface area (Å²) in [5.41, 5.74) is -0.0418. The quantitative estimate of drug-likeness (QED) is 0.910. The molecule has 4 nitrogen and oxygen atoms in total. The molecule has 120 valence electrons. The van der Waals surface area contributed by atoms with Crippen LogP contribution in [0.4, 0.5) is 4.39 Å². The summed E-state index contributed by atoms with van der Waals surface area (Å²) in [6.07, 6.45) is 0.965. The summed E-state index contributed by atoms with van der Waals surface area (Å²) < 4.78 is 14.0. The average molecular weight is 307 g/mol. The molecular weight excluding hydrogens is 285 g/mol. The van der Waals surface area contributed by atoms with Crippen molar-refractivity contribution in [3.05, 3.63) is 35.4 Å². The van der Waals surface area contributed by atoms with Crippen molar-refractivity contribution >= 4 is 11.9 Å². The summed E-state index contributed by atoms with van der Waals surface area (Å²) in [5, 5.41) is 8.89. The lowest BCUT2D eigenvalue weighted by Crippen LogP contribution is -2.39. The number of halogens is 1. The highest BCUT2D eigenvalue weighted by Crippen LogP contribution is 2.29. The molecule has 2 unspecified atom stereocenters. The number of aliphatic carboxylic acids is 1. The molecule has 1 N–H and O–H groups in total. The highest BCUT2D eigenvalue weighted by atomic mass is 19.1. The first-order valence-electron chi connectivity index (χ1n) is 7.62. The van der Waals surface area contributed by atoms with Crippen molar-refractivity contribution < 1.29 is 19.1 Å². The van der Waals surface area contributed by atoms with E-state index in [9.17, 15) is 14.0 Å². The number of hydrogen-bond donors (Lipinski definition) is 1. The van der Waals surface area contributed by atoms with E-state index >= 15 is 0 Å². The van der Waals surface area contributed by atoms with E-state index in [0.717, 1.165) is 17.5 Å². The lowest BCUT2D eigenvalue weighted by atomic mass is 9.92. The fourth-order valence-electron chi connectivity index (χ4n) is 2.84. The largest absolute Gasteiger partial charge is 0.479 e. The molecule has 22 heavy (non-hydrogen) atoms. The third-order valence-corrected chi connectivity index (χ3v) is 4.42. The number of carbonyl (C=O) groups excluding carboxylic acids is 1. The zero-order chi connectivity index (χ0) is 16.3. The monoisotopic (exact) mass is 307 g/mol. The van der Waals surface area contributed by atoms with Gasteiger partial charge in [0.25, 0.3) is 0 Å². The molecule has 1 aliphatic heterocycles. The van der Waals surface area contributed by atoms with Gasteiger partial charge in [-0.15, -0.1) is 0 Å². The Bertz CT molecular complexity index is 558. The number of aryl methyl sites for hydroxylation is 1. The Hall–Kier alpha value is -1.91. The van der Waals surface area contributed by atoms with Crippen LogP contribution in [0.25, 0.3) is 0 Å². The smallest absolute Gasteiger partial charge is 0.343 e. The Balaban J connectivity index is 2.01. The van der Waals surface area contributed by atoms with Gasteiger partial charge in [0, 0.05) is 19.4 Å². The fourth-order valence-corrected chi connectivity index (χ4v) is 2.84. The molecule has 2 rings (SSSR count). The standard InChI is InChI=1S/C17H22FNO3/c1-3-13(14-6-4-12(2)5-7-14)10-15(20)19-9-8-17(18,11-19)16(21)22/h4-7,13H,3,8-11H2,1-2H3,(H,21,22). The van der Waals surface area contributed by atoms with Crippen molar-refractivity contribution in [2.75, 3.05) is 13.1 Å². The van der Waals surface area contributed by atoms with Gasteiger partial charge >= 0.3 is 5.97 Å². The molecule has 1 aromatic rings. The first-order chi connectivity index (χ1) is 10.4. The third kappa shape index (κ3) is 3.46. The number of likely N-dealkylation sites (tertiary alicyclic amines) is 1. The highest BCUT2D eigenvalue weighted by molar-refractivity contribution is 5.82. The van der Waals surface area contributed by atoms with Crippen LogP contribution in [0.3, 0.4) is 0 Å². The van der Waals surface area contributed by atoms with E-state index in [-0.39, 0.29) is 37.8 Å². The van der Waals surface area contributed by atoms with E-state index in [0.29, 0.717) is 0 Å². The first kappa shape index (κ1) is 16.5. The Morgan fingerprint density at radius 2 is 2.00 bits per heavy atom. The summed E-state index contributed by atoms with van der Waals surface area (Å²) in [6.45, 7) is 3.85. The number of carboxylic acids is 1. The minimum absolute atomic E-state index is 0.0764. The van der Waals surface area contributed by atoms with E-state index < -0.39 is 11.6 Å². The highest BCUT2D eigenvalue weighted by Gasteiger charge is 2.46. The summed E-state index contributed by atoms with van der Waals surface area (Å²) >= 11 is 0. The van der Waals surface area contributed by atoms with E-state index in [2.05, 4.69) is 0 Å². The molecular formula is C17H22FNO3. The van der Waals surface area contributed by atoms with Crippen LogP contribution in [0.15, 0.2) is 24.3 Å². The van der Waals surface area contributed by atoms with Gasteiger partial charge in [-0.2, -0.15) is 0 Å². The molecule has 1 amide bonds. The van der Waals surface area contributed by atoms with Gasteiger partial charge in [-0.1, -0.05) is 36.8 Å². The molecule has 1 aliphatic rings. The van der Waals surface area contributed by atoms with Gasteiger partial charge < -0.3 is 10.0 Å². The van der Waals surface area contributed by atoms with E-state index in [1.807, 2.05) is 38.1 Å². The Morgan fingerprint density at radius 1 is 1.36 bits per heavy atom. The van der Waals surface area contributed by atoms with Crippen molar-refractivity contribution in [3.63, 3.8) is 0 Å². The number of carboxylic acid groups (broad SMARTS) is 1. The number of alkyl halides is 1. The molecule has 5 heteroatoms. The van der Waals surface area contributed by atoms with Crippen molar-refractivity contribution in [2.45, 2.75) is 44.7 Å². The molecule has 0 radical (unpaired) electrons. The van der Waals surface area contributed by atoms with Gasteiger partial charge in [-0.3, -0.25) is 4.79 Å². The SMILES string of the molecule is CCC(CC(=O)N1CCC(F)(C(=O)O)C1)c1ccc(C)cc1. The molecule has 0 aromatic heterocycles. The topological polar surface area (TPSA) is 57.6 Å². The van der Waals surface area contributed by atoms with Crippen LogP contribution in [0.2, 0.25) is 0 Å². The molecule has 2 atom stereocenters. The van der Waals surface area contributed by atoms with Crippen molar-refractivity contribution in [3.8, 4) is 0 Å². The second-order valence-corrected chi connectivity index (χ2v) is 6.06. The minimum Gasteiger partial charge on any atom is -0.479 e. The Morgan fingerprint density at radius 3 is 2.50 bits per heavy atom. The fraction of sp³-hybridized carbons (Fsp3) is 0.529. The zero-order valence-electron chi connectivity index (χ0n) is 13.0. The normalized spacial score (nSPS) is 22.6. The molecule has 1 saturated heterocycles. The molecule has 0 bridgehead atoms. The molecule has 1 aromatic carbocycles.